The van der Waals surface area contributed by atoms with E-state index in [9.17, 15) is 15.2 Å². The highest BCUT2D eigenvalue weighted by molar-refractivity contribution is 6.32. The van der Waals surface area contributed by atoms with Gasteiger partial charge in [-0.25, -0.2) is 0 Å². The van der Waals surface area contributed by atoms with E-state index in [2.05, 4.69) is 4.90 Å². The van der Waals surface area contributed by atoms with Crippen LogP contribution in [0.4, 0.5) is 5.69 Å². The third-order valence-corrected chi connectivity index (χ3v) is 5.09. The molecule has 1 heterocycles. The number of nitro benzene ring substituents is 1. The zero-order valence-electron chi connectivity index (χ0n) is 14.9. The van der Waals surface area contributed by atoms with Crippen LogP contribution in [0.1, 0.15) is 24.0 Å². The number of rotatable bonds is 5. The molecule has 1 unspecified atom stereocenters. The number of likely N-dealkylation sites (tertiary alicyclic amines) is 1. The van der Waals surface area contributed by atoms with Gasteiger partial charge in [-0.2, -0.15) is 0 Å². The molecule has 0 aromatic heterocycles. The van der Waals surface area contributed by atoms with Crippen LogP contribution < -0.4 is 4.74 Å². The average Bonchev–Trinajstić information content (AvgIpc) is 2.63. The van der Waals surface area contributed by atoms with Crippen LogP contribution in [0.2, 0.25) is 5.02 Å². The number of β-amino-alcohol motifs (C(OH)–C–C–N with tert-alkyl or cyclic N) is 1. The maximum atomic E-state index is 11.2. The third-order valence-electron chi connectivity index (χ3n) is 4.77. The Hall–Kier alpha value is -1.86. The molecule has 0 bridgehead atoms. The first-order valence-corrected chi connectivity index (χ1v) is 8.81. The summed E-state index contributed by atoms with van der Waals surface area (Å²) in [6.45, 7) is 1.80. The molecule has 1 atom stereocenters. The number of nitro groups is 1. The summed E-state index contributed by atoms with van der Waals surface area (Å²) in [5.74, 6) is 0.710. The van der Waals surface area contributed by atoms with Crippen molar-refractivity contribution in [1.82, 2.24) is 4.90 Å². The first-order valence-electron chi connectivity index (χ1n) is 8.43. The number of ether oxygens (including phenoxy) is 1. The molecule has 1 aliphatic rings. The second-order valence-corrected chi connectivity index (χ2v) is 7.03. The molecule has 8 heteroatoms. The number of piperidine rings is 1. The molecule has 0 saturated carbocycles. The van der Waals surface area contributed by atoms with E-state index in [0.29, 0.717) is 25.3 Å². The van der Waals surface area contributed by atoms with Gasteiger partial charge in [0.2, 0.25) is 0 Å². The fraction of sp³-hybridized carbons (Fsp3) is 0.368. The highest BCUT2D eigenvalue weighted by atomic mass is 35.5. The average molecular weight is 413 g/mol. The van der Waals surface area contributed by atoms with E-state index in [1.807, 2.05) is 24.3 Å². The van der Waals surface area contributed by atoms with Crippen LogP contribution in [0.15, 0.2) is 42.5 Å². The summed E-state index contributed by atoms with van der Waals surface area (Å²) in [6, 6.07) is 12.3. The molecule has 2 aromatic carbocycles. The van der Waals surface area contributed by atoms with E-state index in [-0.39, 0.29) is 23.1 Å². The molecule has 0 aliphatic carbocycles. The molecule has 0 amide bonds. The molecule has 27 heavy (non-hydrogen) atoms. The molecule has 1 saturated heterocycles. The molecule has 1 aliphatic heterocycles. The lowest BCUT2D eigenvalue weighted by Gasteiger charge is -2.39. The molecule has 6 nitrogen and oxygen atoms in total. The molecule has 146 valence electrons. The fourth-order valence-electron chi connectivity index (χ4n) is 3.46. The number of halogens is 2. The maximum Gasteiger partial charge on any atom is 0.288 e. The summed E-state index contributed by atoms with van der Waals surface area (Å²) >= 11 is 5.88. The van der Waals surface area contributed by atoms with E-state index in [1.165, 1.54) is 6.07 Å². The highest BCUT2D eigenvalue weighted by Gasteiger charge is 2.35. The van der Waals surface area contributed by atoms with Crippen LogP contribution in [-0.2, 0) is 12.1 Å². The van der Waals surface area contributed by atoms with Crippen molar-refractivity contribution in [2.45, 2.75) is 25.0 Å². The number of hydrogen-bond acceptors (Lipinski definition) is 5. The minimum atomic E-state index is -0.967. The Morgan fingerprint density at radius 3 is 2.81 bits per heavy atom. The molecule has 0 radical (unpaired) electrons. The predicted octanol–water partition coefficient (Wildman–Crippen LogP) is 4.16. The summed E-state index contributed by atoms with van der Waals surface area (Å²) in [6.07, 6.45) is 1.50. The van der Waals surface area contributed by atoms with Crippen molar-refractivity contribution in [3.63, 3.8) is 0 Å². The minimum absolute atomic E-state index is 0. The van der Waals surface area contributed by atoms with Gasteiger partial charge in [-0.3, -0.25) is 15.0 Å². The van der Waals surface area contributed by atoms with E-state index in [0.717, 1.165) is 24.1 Å². The fourth-order valence-corrected chi connectivity index (χ4v) is 3.65. The monoisotopic (exact) mass is 412 g/mol. The van der Waals surface area contributed by atoms with E-state index in [4.69, 9.17) is 16.3 Å². The smallest absolute Gasteiger partial charge is 0.288 e. The van der Waals surface area contributed by atoms with Gasteiger partial charge in [0.1, 0.15) is 16.4 Å². The second kappa shape index (κ2) is 8.89. The number of methoxy groups -OCH3 is 1. The van der Waals surface area contributed by atoms with Crippen molar-refractivity contribution in [1.29, 1.82) is 0 Å². The van der Waals surface area contributed by atoms with E-state index >= 15 is 0 Å². The van der Waals surface area contributed by atoms with Gasteiger partial charge < -0.3 is 9.84 Å². The first kappa shape index (κ1) is 21.4. The molecule has 0 spiro atoms. The summed E-state index contributed by atoms with van der Waals surface area (Å²) in [4.78, 5) is 12.7. The number of nitrogens with zero attached hydrogens (tertiary/aromatic N) is 2. The lowest BCUT2D eigenvalue weighted by atomic mass is 9.85. The van der Waals surface area contributed by atoms with Crippen molar-refractivity contribution < 1.29 is 14.8 Å². The minimum Gasteiger partial charge on any atom is -0.497 e. The van der Waals surface area contributed by atoms with Gasteiger partial charge >= 0.3 is 0 Å². The van der Waals surface area contributed by atoms with E-state index < -0.39 is 10.5 Å². The number of benzene rings is 2. The lowest BCUT2D eigenvalue weighted by molar-refractivity contribution is -0.384. The number of hydrogen-bond donors (Lipinski definition) is 1. The van der Waals surface area contributed by atoms with Crippen LogP contribution in [0.5, 0.6) is 5.75 Å². The van der Waals surface area contributed by atoms with Gasteiger partial charge in [-0.1, -0.05) is 29.8 Å². The van der Waals surface area contributed by atoms with Gasteiger partial charge in [0.15, 0.2) is 0 Å². The summed E-state index contributed by atoms with van der Waals surface area (Å²) in [5, 5.41) is 22.4. The van der Waals surface area contributed by atoms with Crippen molar-refractivity contribution in [2.75, 3.05) is 20.2 Å². The summed E-state index contributed by atoms with van der Waals surface area (Å²) < 4.78 is 5.26. The van der Waals surface area contributed by atoms with Crippen LogP contribution >= 0.6 is 24.0 Å². The maximum absolute atomic E-state index is 11.2. The third kappa shape index (κ3) is 4.90. The van der Waals surface area contributed by atoms with Gasteiger partial charge in [0.05, 0.1) is 12.0 Å². The van der Waals surface area contributed by atoms with Crippen LogP contribution in [0.25, 0.3) is 0 Å². The van der Waals surface area contributed by atoms with Crippen molar-refractivity contribution in [3.05, 3.63) is 68.7 Å². The molecular weight excluding hydrogens is 391 g/mol. The zero-order valence-corrected chi connectivity index (χ0v) is 16.5. The van der Waals surface area contributed by atoms with Crippen molar-refractivity contribution in [3.8, 4) is 5.75 Å². The Kier molecular flexibility index (Phi) is 7.06. The van der Waals surface area contributed by atoms with Crippen molar-refractivity contribution >= 4 is 29.7 Å². The zero-order chi connectivity index (χ0) is 18.7. The van der Waals surface area contributed by atoms with E-state index in [1.54, 1.807) is 19.2 Å². The van der Waals surface area contributed by atoms with Crippen LogP contribution in [-0.4, -0.2) is 35.1 Å². The van der Waals surface area contributed by atoms with Crippen molar-refractivity contribution in [2.24, 2.45) is 0 Å². The largest absolute Gasteiger partial charge is 0.497 e. The lowest BCUT2D eigenvalue weighted by Crippen LogP contribution is -2.45. The SMILES string of the molecule is COc1cccc(C2(O)CCCN(Cc3ccc(Cl)c([N+](=O)[O-])c3)C2)c1.Cl. The van der Waals surface area contributed by atoms with Crippen LogP contribution in [0, 0.1) is 10.1 Å². The normalized spacial score (nSPS) is 20.0. The summed E-state index contributed by atoms with van der Waals surface area (Å²) in [5.41, 5.74) is 0.564. The molecule has 1 fully saturated rings. The standard InChI is InChI=1S/C19H21ClN2O4.ClH/c1-26-16-5-2-4-15(11-16)19(23)8-3-9-21(13-19)12-14-6-7-17(20)18(10-14)22(24)25;/h2,4-7,10-11,23H,3,8-9,12-13H2,1H3;1H. The van der Waals surface area contributed by atoms with Gasteiger partial charge in [-0.15, -0.1) is 12.4 Å². The molecule has 3 rings (SSSR count). The number of aliphatic hydroxyl groups is 1. The van der Waals surface area contributed by atoms with Gasteiger partial charge in [-0.05, 0) is 48.7 Å². The summed E-state index contributed by atoms with van der Waals surface area (Å²) in [7, 11) is 1.60. The Morgan fingerprint density at radius 2 is 2.11 bits per heavy atom. The second-order valence-electron chi connectivity index (χ2n) is 6.62. The van der Waals surface area contributed by atoms with Gasteiger partial charge in [0.25, 0.3) is 5.69 Å². The van der Waals surface area contributed by atoms with Gasteiger partial charge in [0, 0.05) is 19.2 Å². The Morgan fingerprint density at radius 1 is 1.33 bits per heavy atom. The molecule has 1 N–H and O–H groups in total. The highest BCUT2D eigenvalue weighted by Crippen LogP contribution is 2.34. The Balaban J connectivity index is 0.00000261. The first-order chi connectivity index (χ1) is 12.4. The Bertz CT molecular complexity index is 818. The topological polar surface area (TPSA) is 75.8 Å². The predicted molar refractivity (Wildman–Crippen MR) is 107 cm³/mol. The quantitative estimate of drug-likeness (QED) is 0.589. The molecular formula is C19H22Cl2N2O4. The molecule has 2 aromatic rings. The van der Waals surface area contributed by atoms with Crippen LogP contribution in [0.3, 0.4) is 0 Å². The Labute approximate surface area is 169 Å².